The predicted molar refractivity (Wildman–Crippen MR) is 150 cm³/mol. The molecule has 0 bridgehead atoms. The number of rotatable bonds is 13. The van der Waals surface area contributed by atoms with Crippen LogP contribution < -0.4 is 4.74 Å². The third-order valence-corrected chi connectivity index (χ3v) is 8.44. The molecule has 4 rings (SSSR count). The second-order valence-electron chi connectivity index (χ2n) is 9.78. The van der Waals surface area contributed by atoms with Crippen LogP contribution in [-0.4, -0.2) is 50.2 Å². The van der Waals surface area contributed by atoms with Crippen LogP contribution in [0.25, 0.3) is 0 Å². The van der Waals surface area contributed by atoms with Crippen molar-refractivity contribution in [3.8, 4) is 17.5 Å². The van der Waals surface area contributed by atoms with E-state index in [1.165, 1.54) is 42.4 Å². The van der Waals surface area contributed by atoms with Gasteiger partial charge in [0.15, 0.2) is 11.8 Å². The molecule has 1 saturated carbocycles. The van der Waals surface area contributed by atoms with Gasteiger partial charge in [-0.05, 0) is 54.2 Å². The number of carbonyl (C=O) groups is 1. The highest BCUT2D eigenvalue weighted by Gasteiger charge is 2.27. The lowest BCUT2D eigenvalue weighted by atomic mass is 9.98. The first-order chi connectivity index (χ1) is 18.3. The van der Waals surface area contributed by atoms with Crippen LogP contribution in [0.4, 0.5) is 0 Å². The highest BCUT2D eigenvalue weighted by atomic mass is 35.5. The molecular formula is C29H35ClN2O5S. The third kappa shape index (κ3) is 7.40. The van der Waals surface area contributed by atoms with E-state index in [2.05, 4.69) is 11.0 Å². The van der Waals surface area contributed by atoms with E-state index in [9.17, 15) is 20.1 Å². The van der Waals surface area contributed by atoms with Crippen LogP contribution in [0.2, 0.25) is 5.02 Å². The Bertz CT molecular complexity index is 1190. The molecule has 9 heteroatoms. The SMILES string of the molecule is COc1cc(CN(CC2CCCC2)C(CC(=O)O)c2ccc(Cl)cc2)ccc1SCCn1c(O)ccc1O. The standard InChI is InChI=1S/C29H35ClN2O5S/c1-37-25-16-21(6-11-26(25)38-15-14-32-27(33)12-13-28(32)34)19-31(18-20-4-2-3-5-20)24(17-29(35)36)22-7-9-23(30)10-8-22/h6-13,16,20,24,33-34H,2-5,14-15,17-19H2,1H3,(H,35,36). The van der Waals surface area contributed by atoms with Gasteiger partial charge in [-0.2, -0.15) is 0 Å². The van der Waals surface area contributed by atoms with E-state index in [0.29, 0.717) is 29.8 Å². The molecule has 1 fully saturated rings. The van der Waals surface area contributed by atoms with E-state index < -0.39 is 5.97 Å². The zero-order chi connectivity index (χ0) is 27.1. The van der Waals surface area contributed by atoms with Crippen LogP contribution in [-0.2, 0) is 17.9 Å². The van der Waals surface area contributed by atoms with Gasteiger partial charge in [0.25, 0.3) is 0 Å². The van der Waals surface area contributed by atoms with Crippen molar-refractivity contribution in [2.24, 2.45) is 5.92 Å². The number of methoxy groups -OCH3 is 1. The van der Waals surface area contributed by atoms with Crippen LogP contribution >= 0.6 is 23.4 Å². The van der Waals surface area contributed by atoms with E-state index in [4.69, 9.17) is 16.3 Å². The Balaban J connectivity index is 1.53. The van der Waals surface area contributed by atoms with Crippen molar-refractivity contribution in [2.45, 2.75) is 56.1 Å². The van der Waals surface area contributed by atoms with Crippen LogP contribution in [0.5, 0.6) is 17.5 Å². The molecule has 3 aromatic rings. The van der Waals surface area contributed by atoms with Gasteiger partial charge in [0.05, 0.1) is 13.5 Å². The van der Waals surface area contributed by atoms with E-state index >= 15 is 0 Å². The molecule has 0 saturated heterocycles. The minimum absolute atomic E-state index is 0.0124. The molecule has 38 heavy (non-hydrogen) atoms. The van der Waals surface area contributed by atoms with Crippen molar-refractivity contribution in [3.63, 3.8) is 0 Å². The van der Waals surface area contributed by atoms with Crippen molar-refractivity contribution >= 4 is 29.3 Å². The van der Waals surface area contributed by atoms with Crippen molar-refractivity contribution in [3.05, 3.63) is 70.7 Å². The molecule has 1 unspecified atom stereocenters. The maximum Gasteiger partial charge on any atom is 0.305 e. The maximum absolute atomic E-state index is 11.9. The maximum atomic E-state index is 11.9. The zero-order valence-corrected chi connectivity index (χ0v) is 23.1. The molecule has 0 amide bonds. The zero-order valence-electron chi connectivity index (χ0n) is 21.6. The number of nitrogens with zero attached hydrogens (tertiary/aromatic N) is 2. The smallest absolute Gasteiger partial charge is 0.305 e. The lowest BCUT2D eigenvalue weighted by molar-refractivity contribution is -0.138. The molecule has 3 N–H and O–H groups in total. The summed E-state index contributed by atoms with van der Waals surface area (Å²) in [5, 5.41) is 30.1. The van der Waals surface area contributed by atoms with Gasteiger partial charge in [0, 0.05) is 53.5 Å². The van der Waals surface area contributed by atoms with Gasteiger partial charge < -0.3 is 20.1 Å². The van der Waals surface area contributed by atoms with Crippen molar-refractivity contribution in [1.29, 1.82) is 0 Å². The van der Waals surface area contributed by atoms with E-state index in [0.717, 1.165) is 28.3 Å². The molecule has 0 spiro atoms. The van der Waals surface area contributed by atoms with Crippen molar-refractivity contribution in [1.82, 2.24) is 9.47 Å². The summed E-state index contributed by atoms with van der Waals surface area (Å²) in [6.07, 6.45) is 4.80. The number of benzene rings is 2. The fourth-order valence-electron chi connectivity index (χ4n) is 5.22. The fraction of sp³-hybridized carbons (Fsp3) is 0.414. The summed E-state index contributed by atoms with van der Waals surface area (Å²) in [4.78, 5) is 15.2. The third-order valence-electron chi connectivity index (χ3n) is 7.15. The lowest BCUT2D eigenvalue weighted by Crippen LogP contribution is -2.34. The number of carboxylic acids is 1. The number of carboxylic acid groups (broad SMARTS) is 1. The minimum Gasteiger partial charge on any atom is -0.496 e. The van der Waals surface area contributed by atoms with Crippen molar-refractivity contribution in [2.75, 3.05) is 19.4 Å². The molecule has 1 aliphatic carbocycles. The molecule has 0 radical (unpaired) electrons. The minimum atomic E-state index is -0.828. The average Bonchev–Trinajstić information content (AvgIpc) is 3.53. The van der Waals surface area contributed by atoms with Crippen LogP contribution in [0.15, 0.2) is 59.5 Å². The summed E-state index contributed by atoms with van der Waals surface area (Å²) >= 11 is 7.71. The first kappa shape index (κ1) is 28.2. The van der Waals surface area contributed by atoms with E-state index in [1.54, 1.807) is 18.9 Å². The quantitative estimate of drug-likeness (QED) is 0.204. The Kier molecular flexibility index (Phi) is 9.88. The second-order valence-corrected chi connectivity index (χ2v) is 11.4. The lowest BCUT2D eigenvalue weighted by Gasteiger charge is -2.33. The summed E-state index contributed by atoms with van der Waals surface area (Å²) in [5.41, 5.74) is 2.00. The molecule has 1 aromatic heterocycles. The number of halogens is 1. The normalized spacial score (nSPS) is 14.7. The Morgan fingerprint density at radius 3 is 2.42 bits per heavy atom. The van der Waals surface area contributed by atoms with Gasteiger partial charge in [-0.3, -0.25) is 14.3 Å². The van der Waals surface area contributed by atoms with Gasteiger partial charge in [0.1, 0.15) is 5.75 Å². The average molecular weight is 559 g/mol. The van der Waals surface area contributed by atoms with Gasteiger partial charge in [0.2, 0.25) is 0 Å². The number of aliphatic carboxylic acids is 1. The molecule has 1 atom stereocenters. The first-order valence-electron chi connectivity index (χ1n) is 12.9. The summed E-state index contributed by atoms with van der Waals surface area (Å²) in [6, 6.07) is 16.3. The van der Waals surface area contributed by atoms with Gasteiger partial charge >= 0.3 is 5.97 Å². The topological polar surface area (TPSA) is 95.2 Å². The van der Waals surface area contributed by atoms with E-state index in [-0.39, 0.29) is 24.2 Å². The highest BCUT2D eigenvalue weighted by molar-refractivity contribution is 7.99. The Hall–Kier alpha value is -2.81. The summed E-state index contributed by atoms with van der Waals surface area (Å²) in [7, 11) is 1.64. The molecule has 204 valence electrons. The molecule has 7 nitrogen and oxygen atoms in total. The van der Waals surface area contributed by atoms with Gasteiger partial charge in [-0.15, -0.1) is 11.8 Å². The Labute approximate surface area is 233 Å². The van der Waals surface area contributed by atoms with Crippen LogP contribution in [0, 0.1) is 5.92 Å². The summed E-state index contributed by atoms with van der Waals surface area (Å²) < 4.78 is 7.16. The number of aromatic hydroxyl groups is 2. The van der Waals surface area contributed by atoms with Crippen LogP contribution in [0.1, 0.15) is 49.3 Å². The highest BCUT2D eigenvalue weighted by Crippen LogP contribution is 2.35. The van der Waals surface area contributed by atoms with Gasteiger partial charge in [-0.25, -0.2) is 0 Å². The molecule has 1 heterocycles. The first-order valence-corrected chi connectivity index (χ1v) is 14.3. The second kappa shape index (κ2) is 13.3. The molecular weight excluding hydrogens is 524 g/mol. The largest absolute Gasteiger partial charge is 0.496 e. The number of aromatic nitrogens is 1. The van der Waals surface area contributed by atoms with Crippen molar-refractivity contribution < 1.29 is 24.9 Å². The summed E-state index contributed by atoms with van der Waals surface area (Å²) in [5.74, 6) is 1.17. The number of thioether (sulfide) groups is 1. The number of ether oxygens (including phenoxy) is 1. The predicted octanol–water partition coefficient (Wildman–Crippen LogP) is 6.56. The molecule has 1 aliphatic rings. The van der Waals surface area contributed by atoms with E-state index in [1.807, 2.05) is 36.4 Å². The summed E-state index contributed by atoms with van der Waals surface area (Å²) in [6.45, 7) is 1.89. The monoisotopic (exact) mass is 558 g/mol. The number of hydrogen-bond acceptors (Lipinski definition) is 6. The van der Waals surface area contributed by atoms with Crippen LogP contribution in [0.3, 0.4) is 0 Å². The van der Waals surface area contributed by atoms with Gasteiger partial charge in [-0.1, -0.05) is 42.6 Å². The molecule has 0 aliphatic heterocycles. The Morgan fingerprint density at radius 1 is 1.11 bits per heavy atom. The number of hydrogen-bond donors (Lipinski definition) is 3. The molecule has 2 aromatic carbocycles. The fourth-order valence-corrected chi connectivity index (χ4v) is 6.29. The Morgan fingerprint density at radius 2 is 1.79 bits per heavy atom.